The molecule has 0 aliphatic rings. The Labute approximate surface area is 186 Å². The van der Waals surface area contributed by atoms with Crippen LogP contribution in [0.5, 0.6) is 0 Å². The summed E-state index contributed by atoms with van der Waals surface area (Å²) in [7, 11) is 1.64. The lowest BCUT2D eigenvalue weighted by molar-refractivity contribution is -0.119. The smallest absolute Gasteiger partial charge is 0.239 e. The third-order valence-electron chi connectivity index (χ3n) is 3.68. The first kappa shape index (κ1) is 23.5. The van der Waals surface area contributed by atoms with Gasteiger partial charge in [0.05, 0.1) is 6.54 Å². The summed E-state index contributed by atoms with van der Waals surface area (Å²) in [5, 5.41) is 10.1. The summed E-state index contributed by atoms with van der Waals surface area (Å²) >= 11 is 12.0. The zero-order chi connectivity index (χ0) is 18.8. The molecule has 8 heteroatoms. The van der Waals surface area contributed by atoms with Gasteiger partial charge in [0.1, 0.15) is 0 Å². The number of aliphatic imine (C=N–C) groups is 1. The predicted molar refractivity (Wildman–Crippen MR) is 123 cm³/mol. The first-order valence-corrected chi connectivity index (χ1v) is 9.03. The maximum Gasteiger partial charge on any atom is 0.239 e. The van der Waals surface area contributed by atoms with Crippen molar-refractivity contribution in [3.63, 3.8) is 0 Å². The molecule has 3 N–H and O–H groups in total. The Morgan fingerprint density at radius 3 is 2.44 bits per heavy atom. The number of hydrogen-bond donors (Lipinski definition) is 3. The van der Waals surface area contributed by atoms with Gasteiger partial charge in [-0.15, -0.1) is 24.0 Å². The molecule has 2 aromatic carbocycles. The summed E-state index contributed by atoms with van der Waals surface area (Å²) in [4.78, 5) is 16.0. The summed E-state index contributed by atoms with van der Waals surface area (Å²) in [6, 6.07) is 15.3. The van der Waals surface area contributed by atoms with Crippen molar-refractivity contribution in [1.82, 2.24) is 16.0 Å². The lowest BCUT2D eigenvalue weighted by atomic mass is 10.1. The Morgan fingerprint density at radius 2 is 1.78 bits per heavy atom. The highest BCUT2D eigenvalue weighted by Gasteiger charge is 2.05. The van der Waals surface area contributed by atoms with Crippen molar-refractivity contribution in [1.29, 1.82) is 0 Å². The standard InChI is InChI=1S/C19H22Cl2N4O.HI/c1-22-19(24-12-15-7-8-16(20)11-17(15)21)25-13-18(26)23-10-9-14-5-3-2-4-6-14;/h2-8,11H,9-10,12-13H2,1H3,(H,23,26)(H2,22,24,25);1H. The van der Waals surface area contributed by atoms with E-state index in [9.17, 15) is 4.79 Å². The van der Waals surface area contributed by atoms with E-state index in [0.717, 1.165) is 12.0 Å². The zero-order valence-electron chi connectivity index (χ0n) is 15.0. The summed E-state index contributed by atoms with van der Waals surface area (Å²) < 4.78 is 0. The van der Waals surface area contributed by atoms with Crippen LogP contribution in [0.4, 0.5) is 0 Å². The molecule has 0 unspecified atom stereocenters. The Hall–Kier alpha value is -1.51. The van der Waals surface area contributed by atoms with Gasteiger partial charge in [0.2, 0.25) is 5.91 Å². The van der Waals surface area contributed by atoms with E-state index < -0.39 is 0 Å². The maximum absolute atomic E-state index is 11.9. The van der Waals surface area contributed by atoms with Crippen LogP contribution in [-0.2, 0) is 17.8 Å². The van der Waals surface area contributed by atoms with Gasteiger partial charge in [-0.25, -0.2) is 0 Å². The molecule has 27 heavy (non-hydrogen) atoms. The van der Waals surface area contributed by atoms with Gasteiger partial charge in [-0.3, -0.25) is 9.79 Å². The molecular formula is C19H23Cl2IN4O. The number of halogens is 3. The second kappa shape index (κ2) is 12.8. The molecule has 0 aromatic heterocycles. The molecule has 0 fully saturated rings. The molecule has 0 bridgehead atoms. The lowest BCUT2D eigenvalue weighted by Crippen LogP contribution is -2.43. The molecule has 0 saturated carbocycles. The molecule has 2 rings (SSSR count). The van der Waals surface area contributed by atoms with Crippen LogP contribution in [-0.4, -0.2) is 32.0 Å². The third kappa shape index (κ3) is 8.81. The summed E-state index contributed by atoms with van der Waals surface area (Å²) in [6.07, 6.45) is 0.800. The molecule has 0 saturated heterocycles. The Kier molecular flexibility index (Phi) is 11.2. The van der Waals surface area contributed by atoms with Crippen molar-refractivity contribution in [3.05, 3.63) is 69.7 Å². The number of amides is 1. The van der Waals surface area contributed by atoms with Gasteiger partial charge < -0.3 is 16.0 Å². The lowest BCUT2D eigenvalue weighted by Gasteiger charge is -2.13. The summed E-state index contributed by atoms with van der Waals surface area (Å²) in [6.45, 7) is 1.21. The fraction of sp³-hybridized carbons (Fsp3) is 0.263. The largest absolute Gasteiger partial charge is 0.354 e. The van der Waals surface area contributed by atoms with E-state index in [1.165, 1.54) is 5.56 Å². The van der Waals surface area contributed by atoms with E-state index >= 15 is 0 Å². The quantitative estimate of drug-likeness (QED) is 0.297. The number of benzene rings is 2. The summed E-state index contributed by atoms with van der Waals surface area (Å²) in [5.74, 6) is 0.433. The van der Waals surface area contributed by atoms with Crippen molar-refractivity contribution < 1.29 is 4.79 Å². The minimum absolute atomic E-state index is 0. The second-order valence-corrected chi connectivity index (χ2v) is 6.44. The molecule has 0 radical (unpaired) electrons. The van der Waals surface area contributed by atoms with Crippen LogP contribution in [0.1, 0.15) is 11.1 Å². The van der Waals surface area contributed by atoms with Crippen LogP contribution >= 0.6 is 47.2 Å². The van der Waals surface area contributed by atoms with Crippen molar-refractivity contribution >= 4 is 59.0 Å². The molecular weight excluding hydrogens is 498 g/mol. The molecule has 0 atom stereocenters. The number of nitrogens with zero attached hydrogens (tertiary/aromatic N) is 1. The van der Waals surface area contributed by atoms with Gasteiger partial charge in [-0.2, -0.15) is 0 Å². The monoisotopic (exact) mass is 520 g/mol. The van der Waals surface area contributed by atoms with E-state index in [-0.39, 0.29) is 36.4 Å². The number of carbonyl (C=O) groups is 1. The van der Waals surface area contributed by atoms with Crippen LogP contribution in [0.3, 0.4) is 0 Å². The van der Waals surface area contributed by atoms with E-state index in [1.807, 2.05) is 36.4 Å². The van der Waals surface area contributed by atoms with Crippen molar-refractivity contribution in [3.8, 4) is 0 Å². The third-order valence-corrected chi connectivity index (χ3v) is 4.27. The first-order valence-electron chi connectivity index (χ1n) is 8.27. The number of hydrogen-bond acceptors (Lipinski definition) is 2. The highest BCUT2D eigenvalue weighted by Crippen LogP contribution is 2.20. The highest BCUT2D eigenvalue weighted by atomic mass is 127. The van der Waals surface area contributed by atoms with Gasteiger partial charge in [-0.1, -0.05) is 59.6 Å². The van der Waals surface area contributed by atoms with Gasteiger partial charge >= 0.3 is 0 Å². The first-order chi connectivity index (χ1) is 12.6. The van der Waals surface area contributed by atoms with Crippen LogP contribution < -0.4 is 16.0 Å². The van der Waals surface area contributed by atoms with Crippen LogP contribution in [0.15, 0.2) is 53.5 Å². The van der Waals surface area contributed by atoms with Gasteiger partial charge in [0.15, 0.2) is 5.96 Å². The van der Waals surface area contributed by atoms with Gasteiger partial charge in [0.25, 0.3) is 0 Å². The number of carbonyl (C=O) groups excluding carboxylic acids is 1. The highest BCUT2D eigenvalue weighted by molar-refractivity contribution is 14.0. The van der Waals surface area contributed by atoms with Crippen molar-refractivity contribution in [2.75, 3.05) is 20.1 Å². The van der Waals surface area contributed by atoms with Crippen molar-refractivity contribution in [2.24, 2.45) is 4.99 Å². The van der Waals surface area contributed by atoms with Gasteiger partial charge in [0, 0.05) is 30.2 Å². The minimum atomic E-state index is -0.0894. The Morgan fingerprint density at radius 1 is 1.04 bits per heavy atom. The molecule has 0 aliphatic carbocycles. The average molecular weight is 521 g/mol. The fourth-order valence-electron chi connectivity index (χ4n) is 2.28. The zero-order valence-corrected chi connectivity index (χ0v) is 18.8. The molecule has 0 heterocycles. The van der Waals surface area contributed by atoms with E-state index in [4.69, 9.17) is 23.2 Å². The fourth-order valence-corrected chi connectivity index (χ4v) is 2.76. The van der Waals surface area contributed by atoms with E-state index in [1.54, 1.807) is 19.2 Å². The normalized spacial score (nSPS) is 10.7. The summed E-state index contributed by atoms with van der Waals surface area (Å²) in [5.41, 5.74) is 2.09. The molecule has 2 aromatic rings. The maximum atomic E-state index is 11.9. The van der Waals surface area contributed by atoms with Crippen LogP contribution in [0.2, 0.25) is 10.0 Å². The van der Waals surface area contributed by atoms with Crippen molar-refractivity contribution in [2.45, 2.75) is 13.0 Å². The Balaban J connectivity index is 0.00000364. The number of rotatable bonds is 7. The number of nitrogens with one attached hydrogen (secondary N) is 3. The van der Waals surface area contributed by atoms with Crippen LogP contribution in [0.25, 0.3) is 0 Å². The van der Waals surface area contributed by atoms with E-state index in [0.29, 0.717) is 29.1 Å². The molecule has 1 amide bonds. The van der Waals surface area contributed by atoms with E-state index in [2.05, 4.69) is 20.9 Å². The molecule has 0 spiro atoms. The SMILES string of the molecule is CN=C(NCC(=O)NCCc1ccccc1)NCc1ccc(Cl)cc1Cl.I. The molecule has 5 nitrogen and oxygen atoms in total. The minimum Gasteiger partial charge on any atom is -0.354 e. The predicted octanol–water partition coefficient (Wildman–Crippen LogP) is 3.64. The topological polar surface area (TPSA) is 65.5 Å². The number of guanidine groups is 1. The molecule has 146 valence electrons. The average Bonchev–Trinajstić information content (AvgIpc) is 2.64. The Bertz CT molecular complexity index is 757. The van der Waals surface area contributed by atoms with Crippen LogP contribution in [0, 0.1) is 0 Å². The second-order valence-electron chi connectivity index (χ2n) is 5.60. The van der Waals surface area contributed by atoms with Gasteiger partial charge in [-0.05, 0) is 29.7 Å². The molecule has 0 aliphatic heterocycles.